The minimum atomic E-state index is 0.0769. The van der Waals surface area contributed by atoms with Crippen molar-refractivity contribution < 1.29 is 9.47 Å². The average molecular weight is 267 g/mol. The van der Waals surface area contributed by atoms with Gasteiger partial charge in [-0.25, -0.2) is 0 Å². The highest BCUT2D eigenvalue weighted by molar-refractivity contribution is 4.87. The smallest absolute Gasteiger partial charge is 0.157 e. The van der Waals surface area contributed by atoms with Crippen LogP contribution in [0.15, 0.2) is 0 Å². The second kappa shape index (κ2) is 6.11. The summed E-state index contributed by atoms with van der Waals surface area (Å²) < 4.78 is 12.1. The summed E-state index contributed by atoms with van der Waals surface area (Å²) in [5.74, 6) is 1.70. The average Bonchev–Trinajstić information content (AvgIpc) is 2.46. The summed E-state index contributed by atoms with van der Waals surface area (Å²) in [5, 5.41) is 3.42. The molecule has 0 bridgehead atoms. The summed E-state index contributed by atoms with van der Waals surface area (Å²) >= 11 is 0. The fourth-order valence-corrected chi connectivity index (χ4v) is 3.82. The summed E-state index contributed by atoms with van der Waals surface area (Å²) in [7, 11) is 0. The molecular weight excluding hydrogens is 238 g/mol. The van der Waals surface area contributed by atoms with E-state index in [2.05, 4.69) is 12.2 Å². The molecule has 1 N–H and O–H groups in total. The van der Waals surface area contributed by atoms with E-state index in [1.165, 1.54) is 51.6 Å². The van der Waals surface area contributed by atoms with Crippen LogP contribution in [0.25, 0.3) is 0 Å². The molecule has 0 amide bonds. The molecule has 19 heavy (non-hydrogen) atoms. The van der Waals surface area contributed by atoms with E-state index < -0.39 is 0 Å². The SMILES string of the molecule is CC1CCC2(CC1)COC(CC1CCNCC1)OC2. The zero-order valence-electron chi connectivity index (χ0n) is 12.3. The number of nitrogens with one attached hydrogen (secondary N) is 1. The lowest BCUT2D eigenvalue weighted by Gasteiger charge is -2.44. The number of hydrogen-bond donors (Lipinski definition) is 1. The van der Waals surface area contributed by atoms with Crippen molar-refractivity contribution in [1.82, 2.24) is 5.32 Å². The molecule has 0 unspecified atom stereocenters. The maximum atomic E-state index is 6.07. The fourth-order valence-electron chi connectivity index (χ4n) is 3.82. The van der Waals surface area contributed by atoms with E-state index in [9.17, 15) is 0 Å². The first kappa shape index (κ1) is 13.8. The Kier molecular flexibility index (Phi) is 4.45. The quantitative estimate of drug-likeness (QED) is 0.834. The van der Waals surface area contributed by atoms with Crippen molar-refractivity contribution in [2.24, 2.45) is 17.3 Å². The Morgan fingerprint density at radius 3 is 2.26 bits per heavy atom. The van der Waals surface area contributed by atoms with E-state index in [1.807, 2.05) is 0 Å². The Morgan fingerprint density at radius 2 is 1.63 bits per heavy atom. The Morgan fingerprint density at radius 1 is 1.00 bits per heavy atom. The predicted molar refractivity (Wildman–Crippen MR) is 76.0 cm³/mol. The third-order valence-corrected chi connectivity index (χ3v) is 5.47. The number of piperidine rings is 1. The largest absolute Gasteiger partial charge is 0.352 e. The van der Waals surface area contributed by atoms with Gasteiger partial charge in [0, 0.05) is 11.8 Å². The van der Waals surface area contributed by atoms with Crippen LogP contribution >= 0.6 is 0 Å². The molecule has 1 aliphatic carbocycles. The lowest BCUT2D eigenvalue weighted by atomic mass is 9.71. The molecule has 2 saturated heterocycles. The number of ether oxygens (including phenoxy) is 2. The first-order valence-corrected chi connectivity index (χ1v) is 8.20. The lowest BCUT2D eigenvalue weighted by Crippen LogP contribution is -2.44. The van der Waals surface area contributed by atoms with Crippen LogP contribution in [-0.2, 0) is 9.47 Å². The summed E-state index contributed by atoms with van der Waals surface area (Å²) in [6.45, 7) is 6.58. The van der Waals surface area contributed by atoms with Gasteiger partial charge in [0.25, 0.3) is 0 Å². The Bertz CT molecular complexity index is 270. The molecule has 3 aliphatic rings. The van der Waals surface area contributed by atoms with Gasteiger partial charge < -0.3 is 14.8 Å². The molecule has 3 rings (SSSR count). The minimum absolute atomic E-state index is 0.0769. The van der Waals surface area contributed by atoms with E-state index in [0.29, 0.717) is 5.41 Å². The molecule has 3 heteroatoms. The summed E-state index contributed by atoms with van der Waals surface area (Å²) in [6, 6.07) is 0. The second-order valence-corrected chi connectivity index (χ2v) is 7.16. The van der Waals surface area contributed by atoms with Crippen molar-refractivity contribution in [3.05, 3.63) is 0 Å². The van der Waals surface area contributed by atoms with Gasteiger partial charge in [0.15, 0.2) is 6.29 Å². The molecule has 0 aromatic rings. The fraction of sp³-hybridized carbons (Fsp3) is 1.00. The summed E-state index contributed by atoms with van der Waals surface area (Å²) in [5.41, 5.74) is 0.358. The number of hydrogen-bond acceptors (Lipinski definition) is 3. The van der Waals surface area contributed by atoms with E-state index in [-0.39, 0.29) is 6.29 Å². The molecule has 3 nitrogen and oxygen atoms in total. The van der Waals surface area contributed by atoms with Crippen LogP contribution in [0.4, 0.5) is 0 Å². The Labute approximate surface area is 117 Å². The summed E-state index contributed by atoms with van der Waals surface area (Å²) in [4.78, 5) is 0. The lowest BCUT2D eigenvalue weighted by molar-refractivity contribution is -0.243. The van der Waals surface area contributed by atoms with E-state index in [1.54, 1.807) is 0 Å². The molecule has 0 aromatic heterocycles. The van der Waals surface area contributed by atoms with Gasteiger partial charge in [0.2, 0.25) is 0 Å². The van der Waals surface area contributed by atoms with Gasteiger partial charge in [0.05, 0.1) is 13.2 Å². The van der Waals surface area contributed by atoms with Crippen LogP contribution in [0.1, 0.15) is 51.9 Å². The van der Waals surface area contributed by atoms with Crippen LogP contribution in [-0.4, -0.2) is 32.6 Å². The molecule has 110 valence electrons. The van der Waals surface area contributed by atoms with Crippen molar-refractivity contribution in [3.8, 4) is 0 Å². The van der Waals surface area contributed by atoms with E-state index in [4.69, 9.17) is 9.47 Å². The van der Waals surface area contributed by atoms with Crippen molar-refractivity contribution in [3.63, 3.8) is 0 Å². The topological polar surface area (TPSA) is 30.5 Å². The molecule has 1 spiro atoms. The van der Waals surface area contributed by atoms with Crippen LogP contribution in [0.3, 0.4) is 0 Å². The highest BCUT2D eigenvalue weighted by Gasteiger charge is 2.39. The van der Waals surface area contributed by atoms with Crippen LogP contribution in [0.2, 0.25) is 0 Å². The van der Waals surface area contributed by atoms with Gasteiger partial charge in [-0.15, -0.1) is 0 Å². The Balaban J connectivity index is 1.44. The Hall–Kier alpha value is -0.120. The first-order chi connectivity index (χ1) is 9.26. The zero-order valence-corrected chi connectivity index (χ0v) is 12.3. The maximum absolute atomic E-state index is 6.07. The predicted octanol–water partition coefficient (Wildman–Crippen LogP) is 2.95. The van der Waals surface area contributed by atoms with Gasteiger partial charge >= 0.3 is 0 Å². The third kappa shape index (κ3) is 3.50. The molecule has 0 radical (unpaired) electrons. The van der Waals surface area contributed by atoms with Gasteiger partial charge in [-0.3, -0.25) is 0 Å². The van der Waals surface area contributed by atoms with Gasteiger partial charge in [-0.1, -0.05) is 19.8 Å². The van der Waals surface area contributed by atoms with Crippen LogP contribution in [0, 0.1) is 17.3 Å². The van der Waals surface area contributed by atoms with Crippen LogP contribution < -0.4 is 5.32 Å². The maximum Gasteiger partial charge on any atom is 0.157 e. The number of rotatable bonds is 2. The molecule has 2 aliphatic heterocycles. The molecular formula is C16H29NO2. The van der Waals surface area contributed by atoms with Crippen molar-refractivity contribution in [1.29, 1.82) is 0 Å². The summed E-state index contributed by atoms with van der Waals surface area (Å²) in [6.07, 6.45) is 9.05. The van der Waals surface area contributed by atoms with Gasteiger partial charge in [0.1, 0.15) is 0 Å². The normalized spacial score (nSPS) is 41.5. The third-order valence-electron chi connectivity index (χ3n) is 5.47. The van der Waals surface area contributed by atoms with Crippen LogP contribution in [0.5, 0.6) is 0 Å². The molecule has 0 atom stereocenters. The van der Waals surface area contributed by atoms with Crippen molar-refractivity contribution >= 4 is 0 Å². The highest BCUT2D eigenvalue weighted by atomic mass is 16.7. The second-order valence-electron chi connectivity index (χ2n) is 7.16. The first-order valence-electron chi connectivity index (χ1n) is 8.20. The molecule has 0 aromatic carbocycles. The van der Waals surface area contributed by atoms with E-state index >= 15 is 0 Å². The molecule has 3 fully saturated rings. The van der Waals surface area contributed by atoms with Gasteiger partial charge in [-0.2, -0.15) is 0 Å². The zero-order chi connectivity index (χ0) is 13.1. The molecule has 2 heterocycles. The van der Waals surface area contributed by atoms with Crippen molar-refractivity contribution in [2.75, 3.05) is 26.3 Å². The highest BCUT2D eigenvalue weighted by Crippen LogP contribution is 2.42. The monoisotopic (exact) mass is 267 g/mol. The van der Waals surface area contributed by atoms with Crippen molar-refractivity contribution in [2.45, 2.75) is 58.2 Å². The standard InChI is InChI=1S/C16H29NO2/c1-13-2-6-16(7-3-13)11-18-15(19-12-16)10-14-4-8-17-9-5-14/h13-15,17H,2-12H2,1H3. The van der Waals surface area contributed by atoms with Gasteiger partial charge in [-0.05, 0) is 50.6 Å². The minimum Gasteiger partial charge on any atom is -0.352 e. The van der Waals surface area contributed by atoms with E-state index in [0.717, 1.165) is 31.5 Å². The molecule has 1 saturated carbocycles.